The molecule has 0 aliphatic rings. The van der Waals surface area contributed by atoms with Crippen molar-refractivity contribution in [3.63, 3.8) is 0 Å². The summed E-state index contributed by atoms with van der Waals surface area (Å²) in [6.07, 6.45) is 0. The normalized spacial score (nSPS) is 10.7. The van der Waals surface area contributed by atoms with Crippen LogP contribution in [0, 0.1) is 0 Å². The molecule has 0 radical (unpaired) electrons. The van der Waals surface area contributed by atoms with Crippen molar-refractivity contribution in [3.8, 4) is 0 Å². The van der Waals surface area contributed by atoms with Crippen LogP contribution in [0.1, 0.15) is 12.7 Å². The molecule has 7 nitrogen and oxygen atoms in total. The molecule has 0 saturated carbocycles. The summed E-state index contributed by atoms with van der Waals surface area (Å²) in [4.78, 5) is 10.4. The van der Waals surface area contributed by atoms with E-state index in [1.807, 2.05) is 11.8 Å². The van der Waals surface area contributed by atoms with Crippen LogP contribution in [-0.2, 0) is 16.1 Å². The van der Waals surface area contributed by atoms with Crippen molar-refractivity contribution in [2.45, 2.75) is 13.5 Å². The molecule has 3 N–H and O–H groups in total. The lowest BCUT2D eigenvalue weighted by Gasteiger charge is -2.23. The topological polar surface area (TPSA) is 93.7 Å². The van der Waals surface area contributed by atoms with Gasteiger partial charge in [0.1, 0.15) is 18.2 Å². The van der Waals surface area contributed by atoms with Gasteiger partial charge in [0.05, 0.1) is 13.2 Å². The van der Waals surface area contributed by atoms with E-state index in [1.165, 1.54) is 0 Å². The van der Waals surface area contributed by atoms with Gasteiger partial charge in [-0.05, 0) is 6.92 Å². The SMILES string of the molecule is CCOCc1nc(N)cc(N(CCO)CCOC)n1. The van der Waals surface area contributed by atoms with Crippen molar-refractivity contribution in [2.24, 2.45) is 0 Å². The Bertz CT molecular complexity index is 376. The minimum absolute atomic E-state index is 0.0361. The van der Waals surface area contributed by atoms with Crippen LogP contribution in [-0.4, -0.2) is 55.1 Å². The van der Waals surface area contributed by atoms with E-state index in [4.69, 9.17) is 20.3 Å². The molecule has 0 spiro atoms. The van der Waals surface area contributed by atoms with E-state index < -0.39 is 0 Å². The van der Waals surface area contributed by atoms with Gasteiger partial charge in [0.25, 0.3) is 0 Å². The molecule has 0 saturated heterocycles. The summed E-state index contributed by atoms with van der Waals surface area (Å²) in [5, 5.41) is 9.10. The molecule has 19 heavy (non-hydrogen) atoms. The Labute approximate surface area is 113 Å². The van der Waals surface area contributed by atoms with Crippen LogP contribution in [0.4, 0.5) is 11.6 Å². The highest BCUT2D eigenvalue weighted by Crippen LogP contribution is 2.14. The first kappa shape index (κ1) is 15.6. The fraction of sp³-hybridized carbons (Fsp3) is 0.667. The Morgan fingerprint density at radius 1 is 1.37 bits per heavy atom. The fourth-order valence-corrected chi connectivity index (χ4v) is 1.59. The lowest BCUT2D eigenvalue weighted by molar-refractivity contribution is 0.128. The fourth-order valence-electron chi connectivity index (χ4n) is 1.59. The third-order valence-electron chi connectivity index (χ3n) is 2.47. The van der Waals surface area contributed by atoms with Crippen LogP contribution < -0.4 is 10.6 Å². The van der Waals surface area contributed by atoms with Crippen LogP contribution in [0.15, 0.2) is 6.07 Å². The van der Waals surface area contributed by atoms with E-state index in [1.54, 1.807) is 13.2 Å². The van der Waals surface area contributed by atoms with E-state index in [9.17, 15) is 0 Å². The van der Waals surface area contributed by atoms with E-state index in [0.717, 1.165) is 0 Å². The summed E-state index contributed by atoms with van der Waals surface area (Å²) in [6, 6.07) is 1.68. The largest absolute Gasteiger partial charge is 0.395 e. The number of aliphatic hydroxyl groups is 1. The molecule has 0 atom stereocenters. The average Bonchev–Trinajstić information content (AvgIpc) is 2.40. The summed E-state index contributed by atoms with van der Waals surface area (Å²) in [7, 11) is 1.63. The molecular formula is C12H22N4O3. The molecule has 0 fully saturated rings. The predicted octanol–water partition coefficient (Wildman–Crippen LogP) is 0.0404. The molecule has 0 bridgehead atoms. The molecular weight excluding hydrogens is 248 g/mol. The molecule has 1 aromatic rings. The molecule has 0 aliphatic heterocycles. The van der Waals surface area contributed by atoms with Crippen LogP contribution >= 0.6 is 0 Å². The maximum atomic E-state index is 9.10. The number of hydrogen-bond donors (Lipinski definition) is 2. The number of ether oxygens (including phenoxy) is 2. The highest BCUT2D eigenvalue weighted by molar-refractivity contribution is 5.47. The van der Waals surface area contributed by atoms with Crippen molar-refractivity contribution < 1.29 is 14.6 Å². The smallest absolute Gasteiger partial charge is 0.158 e. The monoisotopic (exact) mass is 270 g/mol. The highest BCUT2D eigenvalue weighted by Gasteiger charge is 2.10. The average molecular weight is 270 g/mol. The van der Waals surface area contributed by atoms with Crippen LogP contribution in [0.2, 0.25) is 0 Å². The number of nitrogens with two attached hydrogens (primary N) is 1. The molecule has 1 aromatic heterocycles. The standard InChI is InChI=1S/C12H22N4O3/c1-3-19-9-11-14-10(13)8-12(15-11)16(4-6-17)5-7-18-2/h8,17H,3-7,9H2,1-2H3,(H2,13,14,15). The molecule has 7 heteroatoms. The second-order valence-electron chi connectivity index (χ2n) is 3.91. The van der Waals surface area contributed by atoms with Crippen molar-refractivity contribution in [1.82, 2.24) is 9.97 Å². The van der Waals surface area contributed by atoms with Gasteiger partial charge in [-0.25, -0.2) is 9.97 Å². The van der Waals surface area contributed by atoms with Gasteiger partial charge >= 0.3 is 0 Å². The third-order valence-corrected chi connectivity index (χ3v) is 2.47. The summed E-state index contributed by atoms with van der Waals surface area (Å²) >= 11 is 0. The molecule has 0 aromatic carbocycles. The maximum absolute atomic E-state index is 9.10. The van der Waals surface area contributed by atoms with Crippen LogP contribution in [0.5, 0.6) is 0 Å². The number of hydrogen-bond acceptors (Lipinski definition) is 7. The zero-order chi connectivity index (χ0) is 14.1. The van der Waals surface area contributed by atoms with Crippen LogP contribution in [0.25, 0.3) is 0 Å². The third kappa shape index (κ3) is 5.37. The Balaban J connectivity index is 2.84. The first-order chi connectivity index (χ1) is 9.21. The summed E-state index contributed by atoms with van der Waals surface area (Å²) in [5.41, 5.74) is 5.77. The van der Waals surface area contributed by atoms with E-state index in [2.05, 4.69) is 9.97 Å². The second kappa shape index (κ2) is 8.63. The first-order valence-corrected chi connectivity index (χ1v) is 6.27. The Hall–Kier alpha value is -1.44. The molecule has 0 aliphatic carbocycles. The molecule has 108 valence electrons. The maximum Gasteiger partial charge on any atom is 0.158 e. The van der Waals surface area contributed by atoms with Gasteiger partial charge in [-0.1, -0.05) is 0 Å². The van der Waals surface area contributed by atoms with E-state index in [0.29, 0.717) is 50.4 Å². The molecule has 0 unspecified atom stereocenters. The first-order valence-electron chi connectivity index (χ1n) is 6.27. The van der Waals surface area contributed by atoms with Gasteiger partial charge in [-0.3, -0.25) is 0 Å². The zero-order valence-corrected chi connectivity index (χ0v) is 11.5. The minimum Gasteiger partial charge on any atom is -0.395 e. The lowest BCUT2D eigenvalue weighted by Crippen LogP contribution is -2.31. The van der Waals surface area contributed by atoms with E-state index >= 15 is 0 Å². The molecule has 1 rings (SSSR count). The van der Waals surface area contributed by atoms with Gasteiger partial charge in [0.15, 0.2) is 5.82 Å². The summed E-state index contributed by atoms with van der Waals surface area (Å²) in [5.74, 6) is 1.60. The highest BCUT2D eigenvalue weighted by atomic mass is 16.5. The zero-order valence-electron chi connectivity index (χ0n) is 11.5. The quantitative estimate of drug-likeness (QED) is 0.654. The summed E-state index contributed by atoms with van der Waals surface area (Å²) < 4.78 is 10.3. The van der Waals surface area contributed by atoms with Gasteiger partial charge in [0.2, 0.25) is 0 Å². The minimum atomic E-state index is 0.0361. The van der Waals surface area contributed by atoms with Crippen molar-refractivity contribution >= 4 is 11.6 Å². The number of nitrogen functional groups attached to an aromatic ring is 1. The Morgan fingerprint density at radius 2 is 2.16 bits per heavy atom. The Morgan fingerprint density at radius 3 is 2.79 bits per heavy atom. The van der Waals surface area contributed by atoms with Crippen LogP contribution in [0.3, 0.4) is 0 Å². The lowest BCUT2D eigenvalue weighted by atomic mass is 10.4. The van der Waals surface area contributed by atoms with E-state index in [-0.39, 0.29) is 6.61 Å². The number of anilines is 2. The number of methoxy groups -OCH3 is 1. The number of nitrogens with zero attached hydrogens (tertiary/aromatic N) is 3. The van der Waals surface area contributed by atoms with Gasteiger partial charge in [0, 0.05) is 32.9 Å². The van der Waals surface area contributed by atoms with Crippen molar-refractivity contribution in [3.05, 3.63) is 11.9 Å². The number of aromatic nitrogens is 2. The van der Waals surface area contributed by atoms with Gasteiger partial charge in [-0.2, -0.15) is 0 Å². The van der Waals surface area contributed by atoms with Crippen molar-refractivity contribution in [2.75, 3.05) is 50.7 Å². The molecule has 1 heterocycles. The van der Waals surface area contributed by atoms with Crippen molar-refractivity contribution in [1.29, 1.82) is 0 Å². The predicted molar refractivity (Wildman–Crippen MR) is 72.9 cm³/mol. The summed E-state index contributed by atoms with van der Waals surface area (Å²) in [6.45, 7) is 4.50. The molecule has 0 amide bonds. The van der Waals surface area contributed by atoms with Gasteiger partial charge < -0.3 is 25.2 Å². The Kier molecular flexibility index (Phi) is 7.09. The second-order valence-corrected chi connectivity index (χ2v) is 3.91. The number of aliphatic hydroxyl groups excluding tert-OH is 1. The van der Waals surface area contributed by atoms with Gasteiger partial charge in [-0.15, -0.1) is 0 Å². The number of rotatable bonds is 9.